The third-order valence-electron chi connectivity index (χ3n) is 4.51. The summed E-state index contributed by atoms with van der Waals surface area (Å²) in [6.07, 6.45) is 6.71. The molecular weight excluding hydrogens is 386 g/mol. The van der Waals surface area contributed by atoms with Crippen LogP contribution in [0.1, 0.15) is 31.0 Å². The summed E-state index contributed by atoms with van der Waals surface area (Å²) in [5, 5.41) is 0.263. The fraction of sp³-hybridized carbons (Fsp3) is 0.227. The standard InChI is InChI=1S/C22H21N3O5/c1-2-3-8-28-16-6-5-15(23-12-16)11-18-22(27)24-17(21(26)25-18)9-14-4-7-19-20(10-14)30-13-29-19/h4-7,9-12H,2-3,8,13H2,1H3,(H,24,27)(H,25,26). The second-order valence-electron chi connectivity index (χ2n) is 6.76. The van der Waals surface area contributed by atoms with Crippen molar-refractivity contribution in [1.29, 1.82) is 0 Å². The molecule has 0 fully saturated rings. The summed E-state index contributed by atoms with van der Waals surface area (Å²) in [6, 6.07) is 8.78. The third-order valence-corrected chi connectivity index (χ3v) is 4.51. The van der Waals surface area contributed by atoms with E-state index in [0.717, 1.165) is 12.8 Å². The maximum absolute atomic E-state index is 12.4. The van der Waals surface area contributed by atoms with Crippen molar-refractivity contribution >= 4 is 12.2 Å². The van der Waals surface area contributed by atoms with Crippen molar-refractivity contribution < 1.29 is 14.2 Å². The summed E-state index contributed by atoms with van der Waals surface area (Å²) in [5.74, 6) is 1.91. The summed E-state index contributed by atoms with van der Waals surface area (Å²) in [4.78, 5) is 34.4. The molecule has 30 heavy (non-hydrogen) atoms. The van der Waals surface area contributed by atoms with E-state index in [0.29, 0.717) is 35.1 Å². The van der Waals surface area contributed by atoms with Gasteiger partial charge in [0.25, 0.3) is 11.1 Å². The van der Waals surface area contributed by atoms with Crippen LogP contribution in [0, 0.1) is 0 Å². The summed E-state index contributed by atoms with van der Waals surface area (Å²) in [6.45, 7) is 2.90. The molecule has 3 heterocycles. The van der Waals surface area contributed by atoms with Crippen LogP contribution < -0.4 is 36.0 Å². The van der Waals surface area contributed by atoms with E-state index in [4.69, 9.17) is 14.2 Å². The van der Waals surface area contributed by atoms with Crippen LogP contribution in [0.3, 0.4) is 0 Å². The average molecular weight is 407 g/mol. The van der Waals surface area contributed by atoms with Crippen molar-refractivity contribution in [2.45, 2.75) is 19.8 Å². The zero-order valence-electron chi connectivity index (χ0n) is 16.4. The van der Waals surface area contributed by atoms with Gasteiger partial charge in [-0.25, -0.2) is 0 Å². The number of hydrogen-bond acceptors (Lipinski definition) is 6. The number of nitrogens with one attached hydrogen (secondary N) is 2. The molecule has 0 radical (unpaired) electrons. The van der Waals surface area contributed by atoms with Crippen molar-refractivity contribution in [2.24, 2.45) is 0 Å². The molecule has 0 saturated carbocycles. The van der Waals surface area contributed by atoms with Crippen molar-refractivity contribution in [3.8, 4) is 17.2 Å². The van der Waals surface area contributed by atoms with E-state index in [1.807, 2.05) is 0 Å². The second-order valence-corrected chi connectivity index (χ2v) is 6.76. The third kappa shape index (κ3) is 4.43. The number of aromatic amines is 2. The van der Waals surface area contributed by atoms with Gasteiger partial charge in [-0.1, -0.05) is 19.4 Å². The minimum atomic E-state index is -0.424. The number of rotatable bonds is 6. The Labute approximate surface area is 171 Å². The molecule has 0 aliphatic carbocycles. The van der Waals surface area contributed by atoms with E-state index in [1.54, 1.807) is 42.6 Å². The average Bonchev–Trinajstić information content (AvgIpc) is 3.21. The van der Waals surface area contributed by atoms with Crippen LogP contribution >= 0.6 is 0 Å². The van der Waals surface area contributed by atoms with Gasteiger partial charge in [-0.15, -0.1) is 0 Å². The van der Waals surface area contributed by atoms with E-state index in [2.05, 4.69) is 21.9 Å². The molecule has 1 aliphatic rings. The highest BCUT2D eigenvalue weighted by molar-refractivity contribution is 5.55. The number of pyridine rings is 1. The molecular formula is C22H21N3O5. The van der Waals surface area contributed by atoms with Crippen LogP contribution in [-0.2, 0) is 0 Å². The van der Waals surface area contributed by atoms with Crippen LogP contribution in [0.15, 0.2) is 46.1 Å². The van der Waals surface area contributed by atoms with Crippen molar-refractivity contribution in [1.82, 2.24) is 15.0 Å². The van der Waals surface area contributed by atoms with Gasteiger partial charge in [0.15, 0.2) is 11.5 Å². The molecule has 0 saturated heterocycles. The van der Waals surface area contributed by atoms with E-state index >= 15 is 0 Å². The molecule has 2 N–H and O–H groups in total. The van der Waals surface area contributed by atoms with Gasteiger partial charge in [-0.2, -0.15) is 0 Å². The molecule has 0 bridgehead atoms. The maximum atomic E-state index is 12.4. The number of unbranched alkanes of at least 4 members (excludes halogenated alkanes) is 1. The fourth-order valence-corrected chi connectivity index (χ4v) is 2.91. The highest BCUT2D eigenvalue weighted by Gasteiger charge is 2.12. The van der Waals surface area contributed by atoms with Crippen LogP contribution in [-0.4, -0.2) is 28.4 Å². The zero-order chi connectivity index (χ0) is 20.9. The van der Waals surface area contributed by atoms with Gasteiger partial charge in [0.2, 0.25) is 6.79 Å². The van der Waals surface area contributed by atoms with E-state index in [9.17, 15) is 9.59 Å². The van der Waals surface area contributed by atoms with Gasteiger partial charge in [0.05, 0.1) is 18.5 Å². The van der Waals surface area contributed by atoms with Gasteiger partial charge in [-0.05, 0) is 48.4 Å². The number of aromatic nitrogens is 3. The molecule has 2 aromatic heterocycles. The van der Waals surface area contributed by atoms with Gasteiger partial charge in [0, 0.05) is 0 Å². The van der Waals surface area contributed by atoms with Crippen LogP contribution in [0.2, 0.25) is 0 Å². The highest BCUT2D eigenvalue weighted by atomic mass is 16.7. The lowest BCUT2D eigenvalue weighted by molar-refractivity contribution is 0.174. The Balaban J connectivity index is 1.61. The number of H-pyrrole nitrogens is 2. The Morgan fingerprint density at radius 1 is 1.03 bits per heavy atom. The SMILES string of the molecule is CCCCOc1ccc(C=c2[nH]c(=O)c(=Cc3ccc4c(c3)OCO4)[nH]c2=O)nc1. The van der Waals surface area contributed by atoms with Crippen LogP contribution in [0.5, 0.6) is 17.2 Å². The van der Waals surface area contributed by atoms with Crippen molar-refractivity contribution in [3.63, 3.8) is 0 Å². The lowest BCUT2D eigenvalue weighted by Gasteiger charge is -2.04. The molecule has 1 aliphatic heterocycles. The Morgan fingerprint density at radius 2 is 1.80 bits per heavy atom. The first kappa shape index (κ1) is 19.5. The topological polar surface area (TPSA) is 106 Å². The maximum Gasteiger partial charge on any atom is 0.272 e. The minimum Gasteiger partial charge on any atom is -0.492 e. The van der Waals surface area contributed by atoms with Crippen LogP contribution in [0.25, 0.3) is 12.2 Å². The van der Waals surface area contributed by atoms with Gasteiger partial charge in [0.1, 0.15) is 16.4 Å². The lowest BCUT2D eigenvalue weighted by atomic mass is 10.2. The zero-order valence-corrected chi connectivity index (χ0v) is 16.4. The molecule has 1 aromatic carbocycles. The highest BCUT2D eigenvalue weighted by Crippen LogP contribution is 2.32. The first-order valence-electron chi connectivity index (χ1n) is 9.67. The fourth-order valence-electron chi connectivity index (χ4n) is 2.91. The number of benzene rings is 1. The molecule has 8 heteroatoms. The van der Waals surface area contributed by atoms with Gasteiger partial charge in [-0.3, -0.25) is 14.6 Å². The summed E-state index contributed by atoms with van der Waals surface area (Å²) >= 11 is 0. The number of nitrogens with zero attached hydrogens (tertiary/aromatic N) is 1. The molecule has 4 rings (SSSR count). The number of hydrogen-bond donors (Lipinski definition) is 2. The lowest BCUT2D eigenvalue weighted by Crippen LogP contribution is -2.46. The Morgan fingerprint density at radius 3 is 2.53 bits per heavy atom. The quantitative estimate of drug-likeness (QED) is 0.591. The van der Waals surface area contributed by atoms with Crippen LogP contribution in [0.4, 0.5) is 0 Å². The molecule has 154 valence electrons. The minimum absolute atomic E-state index is 0.120. The summed E-state index contributed by atoms with van der Waals surface area (Å²) in [7, 11) is 0. The van der Waals surface area contributed by atoms with Crippen molar-refractivity contribution in [2.75, 3.05) is 13.4 Å². The van der Waals surface area contributed by atoms with Crippen molar-refractivity contribution in [3.05, 3.63) is 79.2 Å². The molecule has 3 aromatic rings. The summed E-state index contributed by atoms with van der Waals surface area (Å²) in [5.41, 5.74) is 0.397. The Kier molecular flexibility index (Phi) is 5.65. The number of ether oxygens (including phenoxy) is 3. The van der Waals surface area contributed by atoms with Gasteiger partial charge >= 0.3 is 0 Å². The number of fused-ring (bicyclic) bond motifs is 1. The molecule has 0 spiro atoms. The molecule has 8 nitrogen and oxygen atoms in total. The first-order valence-corrected chi connectivity index (χ1v) is 9.67. The van der Waals surface area contributed by atoms with E-state index in [-0.39, 0.29) is 17.5 Å². The summed E-state index contributed by atoms with van der Waals surface area (Å²) < 4.78 is 16.2. The first-order chi connectivity index (χ1) is 14.6. The normalized spacial score (nSPS) is 13.6. The van der Waals surface area contributed by atoms with Gasteiger partial charge < -0.3 is 24.2 Å². The monoisotopic (exact) mass is 407 g/mol. The van der Waals surface area contributed by atoms with E-state index < -0.39 is 11.1 Å². The molecule has 0 amide bonds. The molecule has 0 atom stereocenters. The molecule has 0 unspecified atom stereocenters. The largest absolute Gasteiger partial charge is 0.492 e. The Hall–Kier alpha value is -3.81. The predicted molar refractivity (Wildman–Crippen MR) is 111 cm³/mol. The Bertz CT molecular complexity index is 1280. The predicted octanol–water partition coefficient (Wildman–Crippen LogP) is 1.02. The van der Waals surface area contributed by atoms with E-state index in [1.165, 1.54) is 6.08 Å². The second kappa shape index (κ2) is 8.69. The smallest absolute Gasteiger partial charge is 0.272 e.